The molecule has 2 saturated heterocycles. The van der Waals surface area contributed by atoms with Crippen LogP contribution in [0.2, 0.25) is 0 Å². The molecule has 23 heavy (non-hydrogen) atoms. The van der Waals surface area contributed by atoms with E-state index in [1.807, 2.05) is 28.8 Å². The maximum Gasteiger partial charge on any atom is 0.326 e. The number of benzene rings is 1. The second kappa shape index (κ2) is 6.13. The fraction of sp³-hybridized carbons (Fsp3) is 0.611. The van der Waals surface area contributed by atoms with Crippen molar-refractivity contribution >= 4 is 11.0 Å². The summed E-state index contributed by atoms with van der Waals surface area (Å²) >= 11 is 0. The number of rotatable bonds is 2. The Bertz CT molecular complexity index is 727. The molecule has 0 radical (unpaired) electrons. The highest BCUT2D eigenvalue weighted by atomic mass is 16.5. The molecule has 3 heterocycles. The van der Waals surface area contributed by atoms with Gasteiger partial charge >= 0.3 is 5.69 Å². The molecule has 2 atom stereocenters. The molecule has 2 aliphatic rings. The molecule has 5 nitrogen and oxygen atoms in total. The van der Waals surface area contributed by atoms with Gasteiger partial charge in [0, 0.05) is 31.8 Å². The van der Waals surface area contributed by atoms with Crippen molar-refractivity contribution in [3.05, 3.63) is 34.7 Å². The molecule has 4 rings (SSSR count). The Morgan fingerprint density at radius 3 is 2.74 bits per heavy atom. The van der Waals surface area contributed by atoms with Crippen molar-refractivity contribution in [3.8, 4) is 0 Å². The molecule has 1 aromatic carbocycles. The van der Waals surface area contributed by atoms with Gasteiger partial charge in [-0.3, -0.25) is 9.47 Å². The van der Waals surface area contributed by atoms with Gasteiger partial charge in [-0.25, -0.2) is 4.79 Å². The molecule has 2 fully saturated rings. The largest absolute Gasteiger partial charge is 0.381 e. The van der Waals surface area contributed by atoms with E-state index in [0.717, 1.165) is 56.6 Å². The number of hydrogen-bond acceptors (Lipinski definition) is 3. The second-order valence-electron chi connectivity index (χ2n) is 6.99. The van der Waals surface area contributed by atoms with E-state index in [4.69, 9.17) is 4.74 Å². The van der Waals surface area contributed by atoms with Crippen molar-refractivity contribution in [2.45, 2.75) is 38.3 Å². The zero-order chi connectivity index (χ0) is 15.8. The van der Waals surface area contributed by atoms with E-state index in [-0.39, 0.29) is 5.69 Å². The molecular formula is C18H25N3O2. The van der Waals surface area contributed by atoms with Crippen LogP contribution in [-0.2, 0) is 4.74 Å². The molecule has 0 saturated carbocycles. The lowest BCUT2D eigenvalue weighted by molar-refractivity contribution is -0.0156. The third-order valence-electron chi connectivity index (χ3n) is 5.55. The third-order valence-corrected chi connectivity index (χ3v) is 5.55. The number of H-pyrrole nitrogens is 1. The van der Waals surface area contributed by atoms with Crippen LogP contribution < -0.4 is 5.69 Å². The fourth-order valence-electron chi connectivity index (χ4n) is 4.32. The molecule has 0 bridgehead atoms. The Kier molecular flexibility index (Phi) is 3.99. The molecule has 1 aromatic heterocycles. The van der Waals surface area contributed by atoms with Crippen LogP contribution in [0.3, 0.4) is 0 Å². The SMILES string of the molecule is C[C@H]1COCC[C@H]1N1CCC(n2c(=O)[nH]c3ccccc32)CC1. The molecule has 0 spiro atoms. The molecule has 1 N–H and O–H groups in total. The van der Waals surface area contributed by atoms with Gasteiger partial charge in [-0.2, -0.15) is 0 Å². The lowest BCUT2D eigenvalue weighted by atomic mass is 9.93. The first-order chi connectivity index (χ1) is 11.2. The summed E-state index contributed by atoms with van der Waals surface area (Å²) in [6.45, 7) is 6.21. The number of aromatic nitrogens is 2. The maximum absolute atomic E-state index is 12.4. The highest BCUT2D eigenvalue weighted by Crippen LogP contribution is 2.29. The molecule has 5 heteroatoms. The average Bonchev–Trinajstić information content (AvgIpc) is 2.91. The first-order valence-corrected chi connectivity index (χ1v) is 8.75. The summed E-state index contributed by atoms with van der Waals surface area (Å²) in [4.78, 5) is 17.9. The normalized spacial score (nSPS) is 27.5. The molecule has 0 unspecified atom stereocenters. The standard InChI is InChI=1S/C18H25N3O2/c1-13-12-23-11-8-16(13)20-9-6-14(7-10-20)21-17-5-3-2-4-15(17)19-18(21)22/h2-5,13-14,16H,6-12H2,1H3,(H,19,22)/t13-,16+/m0/s1. The lowest BCUT2D eigenvalue weighted by Gasteiger charge is -2.42. The summed E-state index contributed by atoms with van der Waals surface area (Å²) in [5.74, 6) is 0.608. The summed E-state index contributed by atoms with van der Waals surface area (Å²) in [6, 6.07) is 8.95. The predicted molar refractivity (Wildman–Crippen MR) is 90.8 cm³/mol. The first kappa shape index (κ1) is 15.0. The number of aromatic amines is 1. The highest BCUT2D eigenvalue weighted by molar-refractivity contribution is 5.75. The van der Waals surface area contributed by atoms with Crippen molar-refractivity contribution in [2.24, 2.45) is 5.92 Å². The number of hydrogen-bond donors (Lipinski definition) is 1. The second-order valence-corrected chi connectivity index (χ2v) is 6.99. The van der Waals surface area contributed by atoms with Crippen LogP contribution in [-0.4, -0.2) is 46.8 Å². The van der Waals surface area contributed by atoms with Crippen molar-refractivity contribution in [1.29, 1.82) is 0 Å². The van der Waals surface area contributed by atoms with Crippen LogP contribution in [0.25, 0.3) is 11.0 Å². The minimum absolute atomic E-state index is 0.0316. The van der Waals surface area contributed by atoms with Crippen LogP contribution in [0.4, 0.5) is 0 Å². The van der Waals surface area contributed by atoms with Crippen molar-refractivity contribution < 1.29 is 4.74 Å². The molecule has 124 valence electrons. The van der Waals surface area contributed by atoms with Gasteiger partial charge in [0.2, 0.25) is 0 Å². The number of para-hydroxylation sites is 2. The summed E-state index contributed by atoms with van der Waals surface area (Å²) < 4.78 is 7.54. The number of nitrogens with one attached hydrogen (secondary N) is 1. The highest BCUT2D eigenvalue weighted by Gasteiger charge is 2.31. The van der Waals surface area contributed by atoms with Crippen LogP contribution in [0.5, 0.6) is 0 Å². The number of imidazole rings is 1. The van der Waals surface area contributed by atoms with E-state index in [1.54, 1.807) is 0 Å². The monoisotopic (exact) mass is 315 g/mol. The zero-order valence-electron chi connectivity index (χ0n) is 13.7. The molecular weight excluding hydrogens is 290 g/mol. The van der Waals surface area contributed by atoms with E-state index in [9.17, 15) is 4.79 Å². The number of fused-ring (bicyclic) bond motifs is 1. The van der Waals surface area contributed by atoms with Gasteiger partial charge in [-0.15, -0.1) is 0 Å². The van der Waals surface area contributed by atoms with Gasteiger partial charge in [0.25, 0.3) is 0 Å². The smallest absolute Gasteiger partial charge is 0.326 e. The van der Waals surface area contributed by atoms with Crippen LogP contribution >= 0.6 is 0 Å². The third kappa shape index (κ3) is 2.72. The Hall–Kier alpha value is -1.59. The number of piperidine rings is 1. The average molecular weight is 315 g/mol. The Labute approximate surface area is 136 Å². The zero-order valence-corrected chi connectivity index (χ0v) is 13.7. The van der Waals surface area contributed by atoms with E-state index >= 15 is 0 Å². The lowest BCUT2D eigenvalue weighted by Crippen LogP contribution is -2.48. The number of likely N-dealkylation sites (tertiary alicyclic amines) is 1. The minimum Gasteiger partial charge on any atom is -0.381 e. The Balaban J connectivity index is 1.51. The van der Waals surface area contributed by atoms with Gasteiger partial charge in [-0.05, 0) is 37.3 Å². The van der Waals surface area contributed by atoms with Crippen LogP contribution in [0.1, 0.15) is 32.2 Å². The summed E-state index contributed by atoms with van der Waals surface area (Å²) in [5.41, 5.74) is 2.01. The van der Waals surface area contributed by atoms with Gasteiger partial charge in [0.05, 0.1) is 17.6 Å². The van der Waals surface area contributed by atoms with Gasteiger partial charge in [0.15, 0.2) is 0 Å². The summed E-state index contributed by atoms with van der Waals surface area (Å²) in [5, 5.41) is 0. The predicted octanol–water partition coefficient (Wildman–Crippen LogP) is 2.39. The van der Waals surface area contributed by atoms with E-state index in [2.05, 4.69) is 16.8 Å². The van der Waals surface area contributed by atoms with Crippen molar-refractivity contribution in [2.75, 3.05) is 26.3 Å². The van der Waals surface area contributed by atoms with Crippen LogP contribution in [0, 0.1) is 5.92 Å². The molecule has 2 aliphatic heterocycles. The summed E-state index contributed by atoms with van der Waals surface area (Å²) in [6.07, 6.45) is 3.23. The van der Waals surface area contributed by atoms with Crippen LogP contribution in [0.15, 0.2) is 29.1 Å². The Morgan fingerprint density at radius 2 is 1.96 bits per heavy atom. The van der Waals surface area contributed by atoms with Crippen molar-refractivity contribution in [1.82, 2.24) is 14.5 Å². The van der Waals surface area contributed by atoms with E-state index in [1.165, 1.54) is 0 Å². The summed E-state index contributed by atoms with van der Waals surface area (Å²) in [7, 11) is 0. The molecule has 0 amide bonds. The van der Waals surface area contributed by atoms with Gasteiger partial charge in [-0.1, -0.05) is 19.1 Å². The number of nitrogens with zero attached hydrogens (tertiary/aromatic N) is 2. The van der Waals surface area contributed by atoms with E-state index in [0.29, 0.717) is 18.0 Å². The minimum atomic E-state index is 0.0316. The number of ether oxygens (including phenoxy) is 1. The molecule has 2 aromatic rings. The maximum atomic E-state index is 12.4. The molecule has 0 aliphatic carbocycles. The van der Waals surface area contributed by atoms with Gasteiger partial charge < -0.3 is 9.72 Å². The van der Waals surface area contributed by atoms with E-state index < -0.39 is 0 Å². The van der Waals surface area contributed by atoms with Crippen molar-refractivity contribution in [3.63, 3.8) is 0 Å². The first-order valence-electron chi connectivity index (χ1n) is 8.75. The quantitative estimate of drug-likeness (QED) is 0.926. The fourth-order valence-corrected chi connectivity index (χ4v) is 4.32. The van der Waals surface area contributed by atoms with Gasteiger partial charge in [0.1, 0.15) is 0 Å². The Morgan fingerprint density at radius 1 is 1.17 bits per heavy atom. The topological polar surface area (TPSA) is 50.3 Å².